The van der Waals surface area contributed by atoms with Gasteiger partial charge in [-0.05, 0) is 26.2 Å². The number of Topliss-reactive ketones (excluding diaryl/α,β-unsaturated/α-hetero) is 1. The number of rotatable bonds is 0. The van der Waals surface area contributed by atoms with Crippen molar-refractivity contribution in [3.8, 4) is 0 Å². The number of ketones is 1. The van der Waals surface area contributed by atoms with Crippen LogP contribution in [-0.4, -0.2) is 16.5 Å². The molecule has 2 aliphatic rings. The highest BCUT2D eigenvalue weighted by molar-refractivity contribution is 5.90. The molecule has 13 heavy (non-hydrogen) atoms. The quantitative estimate of drug-likeness (QED) is 0.622. The zero-order valence-electron chi connectivity index (χ0n) is 8.31. The molecule has 2 fully saturated rings. The van der Waals surface area contributed by atoms with E-state index in [0.29, 0.717) is 6.42 Å². The van der Waals surface area contributed by atoms with Crippen molar-refractivity contribution in [2.45, 2.75) is 57.5 Å². The molecule has 2 rings (SSSR count). The van der Waals surface area contributed by atoms with Crippen molar-refractivity contribution in [1.29, 1.82) is 0 Å². The second-order valence-corrected chi connectivity index (χ2v) is 4.84. The summed E-state index contributed by atoms with van der Waals surface area (Å²) in [7, 11) is 0. The van der Waals surface area contributed by atoms with Crippen LogP contribution in [0.1, 0.15) is 51.9 Å². The van der Waals surface area contributed by atoms with Crippen molar-refractivity contribution in [2.75, 3.05) is 0 Å². The molecule has 1 unspecified atom stereocenters. The zero-order valence-corrected chi connectivity index (χ0v) is 8.31. The average Bonchev–Trinajstić information content (AvgIpc) is 2.33. The molecule has 1 spiro atoms. The molecule has 0 amide bonds. The van der Waals surface area contributed by atoms with Crippen molar-refractivity contribution in [3.63, 3.8) is 0 Å². The van der Waals surface area contributed by atoms with E-state index >= 15 is 0 Å². The Morgan fingerprint density at radius 1 is 1.15 bits per heavy atom. The summed E-state index contributed by atoms with van der Waals surface area (Å²) in [5.74, 6) is 0.0643. The van der Waals surface area contributed by atoms with Gasteiger partial charge in [-0.1, -0.05) is 19.3 Å². The first-order valence-electron chi connectivity index (χ1n) is 5.34. The number of carbonyl (C=O) groups excluding carboxylic acids is 1. The third-order valence-electron chi connectivity index (χ3n) is 4.22. The Morgan fingerprint density at radius 2 is 1.77 bits per heavy atom. The minimum absolute atomic E-state index is 0.0532. The molecular weight excluding hydrogens is 164 g/mol. The highest BCUT2D eigenvalue weighted by atomic mass is 16.3. The third kappa shape index (κ3) is 1.15. The minimum atomic E-state index is -1.02. The van der Waals surface area contributed by atoms with E-state index in [1.807, 2.05) is 0 Å². The van der Waals surface area contributed by atoms with Crippen molar-refractivity contribution < 1.29 is 9.90 Å². The molecule has 0 aromatic carbocycles. The van der Waals surface area contributed by atoms with Gasteiger partial charge in [-0.25, -0.2) is 0 Å². The van der Waals surface area contributed by atoms with Gasteiger partial charge < -0.3 is 5.11 Å². The Hall–Kier alpha value is -0.370. The highest BCUT2D eigenvalue weighted by Crippen LogP contribution is 2.53. The highest BCUT2D eigenvalue weighted by Gasteiger charge is 2.55. The lowest BCUT2D eigenvalue weighted by molar-refractivity contribution is -0.143. The number of hydrogen-bond donors (Lipinski definition) is 1. The maximum absolute atomic E-state index is 11.5. The van der Waals surface area contributed by atoms with Gasteiger partial charge in [0.05, 0.1) is 0 Å². The van der Waals surface area contributed by atoms with Crippen LogP contribution in [0.3, 0.4) is 0 Å². The molecule has 1 N–H and O–H groups in total. The van der Waals surface area contributed by atoms with E-state index in [0.717, 1.165) is 19.3 Å². The molecule has 0 heterocycles. The van der Waals surface area contributed by atoms with E-state index in [9.17, 15) is 9.90 Å². The molecule has 74 valence electrons. The summed E-state index contributed by atoms with van der Waals surface area (Å²) in [5.41, 5.74) is -1.07. The molecule has 1 atom stereocenters. The van der Waals surface area contributed by atoms with Crippen LogP contribution in [0.5, 0.6) is 0 Å². The molecule has 0 aromatic rings. The van der Waals surface area contributed by atoms with E-state index in [1.165, 1.54) is 19.3 Å². The molecule has 0 radical (unpaired) electrons. The maximum Gasteiger partial charge on any atom is 0.164 e. The van der Waals surface area contributed by atoms with Crippen LogP contribution in [0, 0.1) is 5.41 Å². The molecule has 2 aliphatic carbocycles. The fourth-order valence-electron chi connectivity index (χ4n) is 3.10. The smallest absolute Gasteiger partial charge is 0.164 e. The molecule has 0 aromatic heterocycles. The van der Waals surface area contributed by atoms with Crippen LogP contribution in [-0.2, 0) is 4.79 Å². The summed E-state index contributed by atoms with van der Waals surface area (Å²) in [6.07, 6.45) is 7.24. The largest absolute Gasteiger partial charge is 0.382 e. The molecule has 0 aliphatic heterocycles. The van der Waals surface area contributed by atoms with E-state index in [4.69, 9.17) is 0 Å². The topological polar surface area (TPSA) is 37.3 Å². The minimum Gasteiger partial charge on any atom is -0.382 e. The SMILES string of the molecule is CC1(O)C(=O)CCC12CCCCC2. The molecule has 0 bridgehead atoms. The monoisotopic (exact) mass is 182 g/mol. The van der Waals surface area contributed by atoms with Gasteiger partial charge in [0.1, 0.15) is 5.60 Å². The predicted molar refractivity (Wildman–Crippen MR) is 50.4 cm³/mol. The first-order valence-corrected chi connectivity index (χ1v) is 5.34. The van der Waals surface area contributed by atoms with Crippen LogP contribution < -0.4 is 0 Å². The van der Waals surface area contributed by atoms with Crippen molar-refractivity contribution >= 4 is 5.78 Å². The normalized spacial score (nSPS) is 38.5. The lowest BCUT2D eigenvalue weighted by atomic mass is 9.65. The van der Waals surface area contributed by atoms with Gasteiger partial charge in [0, 0.05) is 11.8 Å². The van der Waals surface area contributed by atoms with Crippen LogP contribution in [0.2, 0.25) is 0 Å². The van der Waals surface area contributed by atoms with Gasteiger partial charge in [-0.15, -0.1) is 0 Å². The van der Waals surface area contributed by atoms with Gasteiger partial charge in [0.2, 0.25) is 0 Å². The number of aliphatic hydroxyl groups is 1. The first-order chi connectivity index (χ1) is 6.08. The Kier molecular flexibility index (Phi) is 1.99. The van der Waals surface area contributed by atoms with E-state index < -0.39 is 5.60 Å². The Labute approximate surface area is 79.3 Å². The molecule has 2 heteroatoms. The van der Waals surface area contributed by atoms with Crippen molar-refractivity contribution in [3.05, 3.63) is 0 Å². The van der Waals surface area contributed by atoms with Gasteiger partial charge in [0.15, 0.2) is 5.78 Å². The number of carbonyl (C=O) groups is 1. The van der Waals surface area contributed by atoms with Crippen LogP contribution in [0.25, 0.3) is 0 Å². The van der Waals surface area contributed by atoms with Gasteiger partial charge in [-0.3, -0.25) is 4.79 Å². The third-order valence-corrected chi connectivity index (χ3v) is 4.22. The maximum atomic E-state index is 11.5. The lowest BCUT2D eigenvalue weighted by Crippen LogP contribution is -2.47. The Balaban J connectivity index is 2.26. The van der Waals surface area contributed by atoms with Crippen molar-refractivity contribution in [2.24, 2.45) is 5.41 Å². The molecule has 2 nitrogen and oxygen atoms in total. The molecule has 2 saturated carbocycles. The number of hydrogen-bond acceptors (Lipinski definition) is 2. The summed E-state index contributed by atoms with van der Waals surface area (Å²) in [6.45, 7) is 1.73. The molecule has 0 saturated heterocycles. The predicted octanol–water partition coefficient (Wildman–Crippen LogP) is 2.05. The van der Waals surface area contributed by atoms with Crippen molar-refractivity contribution in [1.82, 2.24) is 0 Å². The fraction of sp³-hybridized carbons (Fsp3) is 0.909. The summed E-state index contributed by atoms with van der Waals surface area (Å²) in [6, 6.07) is 0. The van der Waals surface area contributed by atoms with Gasteiger partial charge in [0.25, 0.3) is 0 Å². The zero-order chi connectivity index (χ0) is 9.53. The van der Waals surface area contributed by atoms with Gasteiger partial charge >= 0.3 is 0 Å². The molecular formula is C11H18O2. The fourth-order valence-corrected chi connectivity index (χ4v) is 3.10. The summed E-state index contributed by atoms with van der Waals surface area (Å²) in [5, 5.41) is 10.2. The summed E-state index contributed by atoms with van der Waals surface area (Å²) < 4.78 is 0. The van der Waals surface area contributed by atoms with Crippen LogP contribution in [0.15, 0.2) is 0 Å². The van der Waals surface area contributed by atoms with E-state index in [-0.39, 0.29) is 11.2 Å². The summed E-state index contributed by atoms with van der Waals surface area (Å²) in [4.78, 5) is 11.5. The van der Waals surface area contributed by atoms with E-state index in [2.05, 4.69) is 0 Å². The Morgan fingerprint density at radius 3 is 2.23 bits per heavy atom. The second kappa shape index (κ2) is 2.81. The average molecular weight is 182 g/mol. The van der Waals surface area contributed by atoms with Crippen LogP contribution in [0.4, 0.5) is 0 Å². The van der Waals surface area contributed by atoms with Gasteiger partial charge in [-0.2, -0.15) is 0 Å². The second-order valence-electron chi connectivity index (χ2n) is 4.84. The standard InChI is InChI=1S/C11H18O2/c1-10(13)9(12)5-8-11(10)6-3-2-4-7-11/h13H,2-8H2,1H3. The van der Waals surface area contributed by atoms with Crippen LogP contribution >= 0.6 is 0 Å². The first kappa shape index (κ1) is 9.20. The Bertz CT molecular complexity index is 224. The van der Waals surface area contributed by atoms with E-state index in [1.54, 1.807) is 6.92 Å². The summed E-state index contributed by atoms with van der Waals surface area (Å²) >= 11 is 0. The lowest BCUT2D eigenvalue weighted by Gasteiger charge is -2.41.